The van der Waals surface area contributed by atoms with Gasteiger partial charge >= 0.3 is 0 Å². The molecule has 0 bridgehead atoms. The van der Waals surface area contributed by atoms with Crippen LogP contribution in [0.5, 0.6) is 0 Å². The van der Waals surface area contributed by atoms with Gasteiger partial charge in [0.1, 0.15) is 0 Å². The van der Waals surface area contributed by atoms with Crippen molar-refractivity contribution < 1.29 is 0 Å². The Bertz CT molecular complexity index is 275. The Morgan fingerprint density at radius 1 is 1.56 bits per heavy atom. The first-order valence-electron chi connectivity index (χ1n) is 5.63. The van der Waals surface area contributed by atoms with Crippen LogP contribution in [-0.4, -0.2) is 36.5 Å². The molecule has 1 heterocycles. The lowest BCUT2D eigenvalue weighted by Gasteiger charge is -2.32. The van der Waals surface area contributed by atoms with Crippen LogP contribution in [0.15, 0.2) is 16.8 Å². The summed E-state index contributed by atoms with van der Waals surface area (Å²) in [6.07, 6.45) is 3.38. The van der Waals surface area contributed by atoms with Gasteiger partial charge in [-0.25, -0.2) is 0 Å². The van der Waals surface area contributed by atoms with E-state index >= 15 is 0 Å². The Balaban J connectivity index is 2.58. The Morgan fingerprint density at radius 2 is 2.31 bits per heavy atom. The van der Waals surface area contributed by atoms with Crippen LogP contribution in [0.1, 0.15) is 24.9 Å². The third-order valence-electron chi connectivity index (χ3n) is 3.08. The number of rotatable bonds is 7. The number of likely N-dealkylation sites (N-methyl/N-ethyl adjacent to an activating group) is 1. The molecule has 0 amide bonds. The van der Waals surface area contributed by atoms with Crippen LogP contribution in [0.3, 0.4) is 0 Å². The summed E-state index contributed by atoms with van der Waals surface area (Å²) in [6.45, 7) is 2.97. The number of thioether (sulfide) groups is 1. The van der Waals surface area contributed by atoms with Gasteiger partial charge in [-0.2, -0.15) is 23.1 Å². The molecule has 0 radical (unpaired) electrons. The van der Waals surface area contributed by atoms with Crippen molar-refractivity contribution in [2.45, 2.75) is 25.4 Å². The molecule has 1 aromatic rings. The van der Waals surface area contributed by atoms with E-state index in [-0.39, 0.29) is 0 Å². The number of nitrogens with two attached hydrogens (primary N) is 1. The third-order valence-corrected chi connectivity index (χ3v) is 4.42. The average Bonchev–Trinajstić information content (AvgIpc) is 2.80. The predicted octanol–water partition coefficient (Wildman–Crippen LogP) is 2.82. The maximum atomic E-state index is 5.89. The Labute approximate surface area is 107 Å². The lowest BCUT2D eigenvalue weighted by Crippen LogP contribution is -2.37. The maximum Gasteiger partial charge on any atom is 0.0478 e. The van der Waals surface area contributed by atoms with Crippen LogP contribution in [-0.2, 0) is 0 Å². The van der Waals surface area contributed by atoms with E-state index in [4.69, 9.17) is 5.73 Å². The number of hydrogen-bond donors (Lipinski definition) is 1. The second kappa shape index (κ2) is 7.33. The van der Waals surface area contributed by atoms with E-state index in [0.717, 1.165) is 0 Å². The first kappa shape index (κ1) is 14.0. The van der Waals surface area contributed by atoms with E-state index in [1.165, 1.54) is 17.7 Å². The molecule has 2 atom stereocenters. The molecule has 0 aliphatic carbocycles. The van der Waals surface area contributed by atoms with Crippen LogP contribution in [0, 0.1) is 0 Å². The second-order valence-electron chi connectivity index (χ2n) is 4.10. The highest BCUT2D eigenvalue weighted by Crippen LogP contribution is 2.23. The van der Waals surface area contributed by atoms with Gasteiger partial charge in [0.15, 0.2) is 0 Å². The van der Waals surface area contributed by atoms with Gasteiger partial charge in [0.05, 0.1) is 0 Å². The fraction of sp³-hybridized carbons (Fsp3) is 0.667. The van der Waals surface area contributed by atoms with Crippen molar-refractivity contribution in [2.75, 3.05) is 25.6 Å². The summed E-state index contributed by atoms with van der Waals surface area (Å²) >= 11 is 3.65. The molecular formula is C12H22N2S2. The first-order chi connectivity index (χ1) is 7.70. The van der Waals surface area contributed by atoms with Crippen LogP contribution in [0.4, 0.5) is 0 Å². The number of nitrogens with zero attached hydrogens (tertiary/aromatic N) is 1. The number of hydrogen-bond acceptors (Lipinski definition) is 4. The minimum absolute atomic E-state index is 0.364. The summed E-state index contributed by atoms with van der Waals surface area (Å²) in [5.41, 5.74) is 7.24. The van der Waals surface area contributed by atoms with E-state index < -0.39 is 0 Å². The van der Waals surface area contributed by atoms with Crippen LogP contribution in [0.25, 0.3) is 0 Å². The lowest BCUT2D eigenvalue weighted by atomic mass is 10.1. The molecule has 0 spiro atoms. The zero-order valence-corrected chi connectivity index (χ0v) is 12.0. The smallest absolute Gasteiger partial charge is 0.0478 e. The van der Waals surface area contributed by atoms with Crippen molar-refractivity contribution in [2.24, 2.45) is 5.73 Å². The van der Waals surface area contributed by atoms with E-state index in [9.17, 15) is 0 Å². The Kier molecular flexibility index (Phi) is 6.43. The molecule has 0 aromatic carbocycles. The number of thiophene rings is 1. The maximum absolute atomic E-state index is 5.89. The van der Waals surface area contributed by atoms with E-state index in [1.807, 2.05) is 11.8 Å². The van der Waals surface area contributed by atoms with E-state index in [0.29, 0.717) is 18.6 Å². The molecule has 0 aliphatic heterocycles. The fourth-order valence-corrected chi connectivity index (χ4v) is 3.09. The minimum Gasteiger partial charge on any atom is -0.329 e. The van der Waals surface area contributed by atoms with Crippen molar-refractivity contribution in [3.05, 3.63) is 22.4 Å². The zero-order valence-electron chi connectivity index (χ0n) is 10.3. The van der Waals surface area contributed by atoms with Crippen molar-refractivity contribution in [1.82, 2.24) is 4.90 Å². The van der Waals surface area contributed by atoms with Gasteiger partial charge in [0, 0.05) is 18.6 Å². The second-order valence-corrected chi connectivity index (χ2v) is 5.87. The molecule has 0 saturated heterocycles. The first-order valence-corrected chi connectivity index (χ1v) is 7.97. The molecule has 2 unspecified atom stereocenters. The van der Waals surface area contributed by atoms with Crippen molar-refractivity contribution in [3.63, 3.8) is 0 Å². The lowest BCUT2D eigenvalue weighted by molar-refractivity contribution is 0.186. The average molecular weight is 258 g/mol. The van der Waals surface area contributed by atoms with Gasteiger partial charge in [-0.15, -0.1) is 0 Å². The quantitative estimate of drug-likeness (QED) is 0.815. The Morgan fingerprint density at radius 3 is 2.81 bits per heavy atom. The summed E-state index contributed by atoms with van der Waals surface area (Å²) in [6, 6.07) is 3.13. The molecule has 92 valence electrons. The van der Waals surface area contributed by atoms with Crippen LogP contribution >= 0.6 is 23.1 Å². The molecule has 1 rings (SSSR count). The molecule has 0 saturated carbocycles. The molecular weight excluding hydrogens is 236 g/mol. The predicted molar refractivity (Wildman–Crippen MR) is 76.3 cm³/mol. The van der Waals surface area contributed by atoms with Crippen LogP contribution < -0.4 is 5.73 Å². The molecule has 0 aliphatic rings. The normalized spacial score (nSPS) is 15.3. The standard InChI is InChI=1S/C12H22N2S2/c1-10(4-6-15-3)14(2)12(8-13)11-5-7-16-9-11/h5,7,9-10,12H,4,6,8,13H2,1-3H3. The molecule has 1 aromatic heterocycles. The molecule has 4 heteroatoms. The summed E-state index contributed by atoms with van der Waals surface area (Å²) in [5, 5.41) is 4.33. The van der Waals surface area contributed by atoms with Crippen molar-refractivity contribution in [3.8, 4) is 0 Å². The van der Waals surface area contributed by atoms with Gasteiger partial charge < -0.3 is 5.73 Å². The van der Waals surface area contributed by atoms with Gasteiger partial charge in [-0.05, 0) is 54.8 Å². The summed E-state index contributed by atoms with van der Waals surface area (Å²) in [4.78, 5) is 2.40. The van der Waals surface area contributed by atoms with Gasteiger partial charge in [0.25, 0.3) is 0 Å². The fourth-order valence-electron chi connectivity index (χ4n) is 1.80. The molecule has 2 N–H and O–H groups in total. The van der Waals surface area contributed by atoms with Gasteiger partial charge in [-0.3, -0.25) is 4.90 Å². The van der Waals surface area contributed by atoms with Crippen molar-refractivity contribution >= 4 is 23.1 Å². The van der Waals surface area contributed by atoms with E-state index in [1.54, 1.807) is 11.3 Å². The summed E-state index contributed by atoms with van der Waals surface area (Å²) in [7, 11) is 2.18. The summed E-state index contributed by atoms with van der Waals surface area (Å²) < 4.78 is 0. The summed E-state index contributed by atoms with van der Waals surface area (Å²) in [5.74, 6) is 1.21. The largest absolute Gasteiger partial charge is 0.329 e. The minimum atomic E-state index is 0.364. The molecule has 0 fully saturated rings. The highest BCUT2D eigenvalue weighted by atomic mass is 32.2. The highest BCUT2D eigenvalue weighted by molar-refractivity contribution is 7.98. The van der Waals surface area contributed by atoms with Gasteiger partial charge in [-0.1, -0.05) is 0 Å². The monoisotopic (exact) mass is 258 g/mol. The van der Waals surface area contributed by atoms with Crippen molar-refractivity contribution in [1.29, 1.82) is 0 Å². The Hall–Kier alpha value is -0.0300. The van der Waals surface area contributed by atoms with Gasteiger partial charge in [0.2, 0.25) is 0 Å². The zero-order chi connectivity index (χ0) is 12.0. The van der Waals surface area contributed by atoms with E-state index in [2.05, 4.69) is 42.0 Å². The topological polar surface area (TPSA) is 29.3 Å². The third kappa shape index (κ3) is 3.77. The highest BCUT2D eigenvalue weighted by Gasteiger charge is 2.20. The molecule has 2 nitrogen and oxygen atoms in total. The van der Waals surface area contributed by atoms with Crippen LogP contribution in [0.2, 0.25) is 0 Å². The molecule has 16 heavy (non-hydrogen) atoms. The SMILES string of the molecule is CSCCC(C)N(C)C(CN)c1ccsc1.